The summed E-state index contributed by atoms with van der Waals surface area (Å²) in [6.07, 6.45) is 0. The lowest BCUT2D eigenvalue weighted by atomic mass is 10.1. The van der Waals surface area contributed by atoms with Crippen molar-refractivity contribution in [1.82, 2.24) is 4.98 Å². The van der Waals surface area contributed by atoms with Gasteiger partial charge in [0, 0.05) is 17.8 Å². The van der Waals surface area contributed by atoms with Gasteiger partial charge in [0.1, 0.15) is 16.9 Å². The first-order valence-corrected chi connectivity index (χ1v) is 8.47. The molecule has 9 heteroatoms. The molecular formula is C17H15FN4O3S. The number of hydrogen-bond acceptors (Lipinski definition) is 6. The number of aromatic nitrogens is 1. The van der Waals surface area contributed by atoms with Crippen LogP contribution in [0.1, 0.15) is 22.4 Å². The van der Waals surface area contributed by atoms with Crippen LogP contribution in [-0.2, 0) is 4.79 Å². The van der Waals surface area contributed by atoms with Gasteiger partial charge in [-0.3, -0.25) is 14.9 Å². The van der Waals surface area contributed by atoms with E-state index < -0.39 is 16.6 Å². The third-order valence-electron chi connectivity index (χ3n) is 3.85. The van der Waals surface area contributed by atoms with Crippen LogP contribution >= 0.6 is 11.8 Å². The molecule has 1 heterocycles. The standard InChI is InChI=1S/C17H15FN4O3S/c1-9-10(2)13(7-19)17(20-11(9)3)26-8-16(23)21-15-6-12(22(24)25)4-5-14(15)18/h4-6H,8H2,1-3H3,(H,21,23). The number of pyridine rings is 1. The zero-order valence-electron chi connectivity index (χ0n) is 14.3. The predicted molar refractivity (Wildman–Crippen MR) is 95.6 cm³/mol. The Morgan fingerprint density at radius 3 is 2.69 bits per heavy atom. The van der Waals surface area contributed by atoms with Crippen LogP contribution in [0.5, 0.6) is 0 Å². The molecule has 7 nitrogen and oxygen atoms in total. The fourth-order valence-electron chi connectivity index (χ4n) is 2.19. The van der Waals surface area contributed by atoms with Crippen LogP contribution in [0, 0.1) is 48.0 Å². The number of benzene rings is 1. The fraction of sp³-hybridized carbons (Fsp3) is 0.235. The molecule has 0 aliphatic carbocycles. The van der Waals surface area contributed by atoms with Crippen molar-refractivity contribution in [3.05, 3.63) is 56.5 Å². The molecule has 0 aliphatic rings. The van der Waals surface area contributed by atoms with E-state index in [-0.39, 0.29) is 17.1 Å². The number of nitro benzene ring substituents is 1. The van der Waals surface area contributed by atoms with Gasteiger partial charge in [0.25, 0.3) is 5.69 Å². The van der Waals surface area contributed by atoms with Gasteiger partial charge in [-0.05, 0) is 38.0 Å². The maximum Gasteiger partial charge on any atom is 0.271 e. The molecule has 26 heavy (non-hydrogen) atoms. The van der Waals surface area contributed by atoms with Gasteiger partial charge in [0.05, 0.1) is 21.9 Å². The number of nitriles is 1. The van der Waals surface area contributed by atoms with Gasteiger partial charge in [0.2, 0.25) is 5.91 Å². The molecule has 0 unspecified atom stereocenters. The third-order valence-corrected chi connectivity index (χ3v) is 4.83. The lowest BCUT2D eigenvalue weighted by Crippen LogP contribution is -2.15. The number of thioether (sulfide) groups is 1. The number of amides is 1. The van der Waals surface area contributed by atoms with Gasteiger partial charge >= 0.3 is 0 Å². The van der Waals surface area contributed by atoms with Crippen LogP contribution in [0.4, 0.5) is 15.8 Å². The zero-order chi connectivity index (χ0) is 19.4. The Hall–Kier alpha value is -2.99. The van der Waals surface area contributed by atoms with Crippen molar-refractivity contribution in [3.8, 4) is 6.07 Å². The monoisotopic (exact) mass is 374 g/mol. The molecule has 1 aromatic heterocycles. The SMILES string of the molecule is Cc1nc(SCC(=O)Nc2cc([N+](=O)[O-])ccc2F)c(C#N)c(C)c1C. The van der Waals surface area contributed by atoms with Crippen molar-refractivity contribution in [3.63, 3.8) is 0 Å². The highest BCUT2D eigenvalue weighted by molar-refractivity contribution is 8.00. The smallest absolute Gasteiger partial charge is 0.271 e. The summed E-state index contributed by atoms with van der Waals surface area (Å²) in [4.78, 5) is 26.5. The summed E-state index contributed by atoms with van der Waals surface area (Å²) >= 11 is 1.05. The molecular weight excluding hydrogens is 359 g/mol. The van der Waals surface area contributed by atoms with Crippen LogP contribution in [0.15, 0.2) is 23.2 Å². The molecule has 0 atom stereocenters. The third kappa shape index (κ3) is 4.15. The first-order valence-electron chi connectivity index (χ1n) is 7.49. The molecule has 1 N–H and O–H groups in total. The number of halogens is 1. The molecule has 134 valence electrons. The minimum Gasteiger partial charge on any atom is -0.323 e. The molecule has 0 bridgehead atoms. The van der Waals surface area contributed by atoms with E-state index in [1.54, 1.807) is 0 Å². The first kappa shape index (κ1) is 19.3. The lowest BCUT2D eigenvalue weighted by molar-refractivity contribution is -0.384. The molecule has 1 amide bonds. The van der Waals surface area contributed by atoms with E-state index in [0.29, 0.717) is 10.6 Å². The summed E-state index contributed by atoms with van der Waals surface area (Å²) in [5.41, 5.74) is 2.27. The maximum atomic E-state index is 13.7. The molecule has 2 aromatic rings. The van der Waals surface area contributed by atoms with E-state index >= 15 is 0 Å². The number of rotatable bonds is 5. The summed E-state index contributed by atoms with van der Waals surface area (Å²) in [6, 6.07) is 4.97. The van der Waals surface area contributed by atoms with Crippen molar-refractivity contribution >= 4 is 29.0 Å². The maximum absolute atomic E-state index is 13.7. The van der Waals surface area contributed by atoms with E-state index in [1.165, 1.54) is 0 Å². The molecule has 0 saturated heterocycles. The summed E-state index contributed by atoms with van der Waals surface area (Å²) in [5.74, 6) is -1.45. The molecule has 0 fully saturated rings. The van der Waals surface area contributed by atoms with Crippen LogP contribution in [0.25, 0.3) is 0 Å². The zero-order valence-corrected chi connectivity index (χ0v) is 15.1. The number of nitrogens with one attached hydrogen (secondary N) is 1. The first-order chi connectivity index (χ1) is 12.2. The van der Waals surface area contributed by atoms with Gasteiger partial charge in [-0.25, -0.2) is 9.37 Å². The number of nitrogens with zero attached hydrogens (tertiary/aromatic N) is 3. The molecule has 0 radical (unpaired) electrons. The van der Waals surface area contributed by atoms with Crippen molar-refractivity contribution in [2.45, 2.75) is 25.8 Å². The Labute approximate surface area is 153 Å². The van der Waals surface area contributed by atoms with Crippen molar-refractivity contribution in [2.75, 3.05) is 11.1 Å². The van der Waals surface area contributed by atoms with Gasteiger partial charge in [-0.2, -0.15) is 5.26 Å². The molecule has 0 aliphatic heterocycles. The number of carbonyl (C=O) groups is 1. The average molecular weight is 374 g/mol. The Morgan fingerprint density at radius 1 is 1.38 bits per heavy atom. The second-order valence-electron chi connectivity index (χ2n) is 5.50. The summed E-state index contributed by atoms with van der Waals surface area (Å²) in [6.45, 7) is 5.49. The summed E-state index contributed by atoms with van der Waals surface area (Å²) in [7, 11) is 0. The number of hydrogen-bond donors (Lipinski definition) is 1. The topological polar surface area (TPSA) is 109 Å². The minimum absolute atomic E-state index is 0.119. The molecule has 2 rings (SSSR count). The van der Waals surface area contributed by atoms with Gasteiger partial charge < -0.3 is 5.32 Å². The Bertz CT molecular complexity index is 941. The van der Waals surface area contributed by atoms with E-state index in [4.69, 9.17) is 0 Å². The number of nitro groups is 1. The summed E-state index contributed by atoms with van der Waals surface area (Å²) in [5, 5.41) is 22.8. The highest BCUT2D eigenvalue weighted by Gasteiger charge is 2.16. The highest BCUT2D eigenvalue weighted by atomic mass is 32.2. The van der Waals surface area contributed by atoms with Crippen LogP contribution < -0.4 is 5.32 Å². The van der Waals surface area contributed by atoms with E-state index in [0.717, 1.165) is 46.8 Å². The number of anilines is 1. The highest BCUT2D eigenvalue weighted by Crippen LogP contribution is 2.27. The van der Waals surface area contributed by atoms with Gasteiger partial charge in [-0.1, -0.05) is 11.8 Å². The average Bonchev–Trinajstić information content (AvgIpc) is 2.59. The normalized spacial score (nSPS) is 10.3. The van der Waals surface area contributed by atoms with E-state index in [9.17, 15) is 24.6 Å². The van der Waals surface area contributed by atoms with Crippen molar-refractivity contribution in [1.29, 1.82) is 5.26 Å². The van der Waals surface area contributed by atoms with Crippen LogP contribution in [0.2, 0.25) is 0 Å². The Kier molecular flexibility index (Phi) is 5.90. The Morgan fingerprint density at radius 2 is 2.08 bits per heavy atom. The number of aryl methyl sites for hydroxylation is 1. The largest absolute Gasteiger partial charge is 0.323 e. The minimum atomic E-state index is -0.771. The lowest BCUT2D eigenvalue weighted by Gasteiger charge is -2.11. The molecule has 0 spiro atoms. The molecule has 1 aromatic carbocycles. The van der Waals surface area contributed by atoms with Crippen molar-refractivity contribution in [2.24, 2.45) is 0 Å². The number of non-ortho nitro benzene ring substituents is 1. The van der Waals surface area contributed by atoms with E-state index in [2.05, 4.69) is 16.4 Å². The summed E-state index contributed by atoms with van der Waals surface area (Å²) < 4.78 is 13.7. The van der Waals surface area contributed by atoms with Crippen LogP contribution in [0.3, 0.4) is 0 Å². The van der Waals surface area contributed by atoms with Gasteiger partial charge in [-0.15, -0.1) is 0 Å². The van der Waals surface area contributed by atoms with Crippen molar-refractivity contribution < 1.29 is 14.1 Å². The quantitative estimate of drug-likeness (QED) is 0.486. The number of carbonyl (C=O) groups excluding carboxylic acids is 1. The Balaban J connectivity index is 2.15. The predicted octanol–water partition coefficient (Wildman–Crippen LogP) is 3.66. The molecule has 0 saturated carbocycles. The van der Waals surface area contributed by atoms with Crippen LogP contribution in [-0.4, -0.2) is 21.6 Å². The second-order valence-corrected chi connectivity index (χ2v) is 6.46. The van der Waals surface area contributed by atoms with E-state index in [1.807, 2.05) is 20.8 Å². The fourth-order valence-corrected chi connectivity index (χ4v) is 3.07. The van der Waals surface area contributed by atoms with Gasteiger partial charge in [0.15, 0.2) is 0 Å². The second kappa shape index (κ2) is 7.93.